The van der Waals surface area contributed by atoms with E-state index in [2.05, 4.69) is 18.5 Å². The number of ether oxygens (including phenoxy) is 4. The number of nitrogens with zero attached hydrogens (tertiary/aromatic N) is 1. The van der Waals surface area contributed by atoms with Gasteiger partial charge < -0.3 is 24.1 Å². The average Bonchev–Trinajstić information content (AvgIpc) is 3.02. The van der Waals surface area contributed by atoms with Gasteiger partial charge in [0.2, 0.25) is 0 Å². The van der Waals surface area contributed by atoms with Crippen molar-refractivity contribution in [2.45, 2.75) is 38.7 Å². The molecule has 3 rings (SSSR count). The Morgan fingerprint density at radius 2 is 1.80 bits per heavy atom. The number of carbonyl (C=O) groups is 2. The molecule has 3 aromatic rings. The van der Waals surface area contributed by atoms with Gasteiger partial charge in [-0.2, -0.15) is 0 Å². The molecule has 1 atom stereocenters. The maximum atomic E-state index is 13.1. The molecular weight excluding hydrogens is 522 g/mol. The van der Waals surface area contributed by atoms with E-state index < -0.39 is 18.0 Å². The molecular formula is C33H37NO7. The zero-order valence-corrected chi connectivity index (χ0v) is 23.8. The molecule has 0 saturated heterocycles. The van der Waals surface area contributed by atoms with Crippen molar-refractivity contribution in [1.82, 2.24) is 4.98 Å². The number of benzene rings is 2. The van der Waals surface area contributed by atoms with Crippen molar-refractivity contribution in [3.63, 3.8) is 0 Å². The molecule has 2 aromatic carbocycles. The van der Waals surface area contributed by atoms with Gasteiger partial charge in [-0.1, -0.05) is 38.1 Å². The highest BCUT2D eigenvalue weighted by atomic mass is 16.5. The van der Waals surface area contributed by atoms with Crippen molar-refractivity contribution >= 4 is 17.5 Å². The number of methoxy groups -OCH3 is 2. The second-order valence-corrected chi connectivity index (χ2v) is 9.24. The Hall–Kier alpha value is -4.43. The molecule has 0 unspecified atom stereocenters. The smallest absolute Gasteiger partial charge is 0.338 e. The molecule has 0 radical (unpaired) electrons. The molecule has 8 heteroatoms. The Morgan fingerprint density at radius 3 is 2.49 bits per heavy atom. The Labute approximate surface area is 241 Å². The SMILES string of the molecule is C=C(CCCC)/C(=C/C[C@@H](OC(=O)c1ccncc1)c1cccc(OCCO)c1)c1cc(C(=O)OC)ccc1OC. The summed E-state index contributed by atoms with van der Waals surface area (Å²) in [6, 6.07) is 15.5. The number of aliphatic hydroxyl groups is 1. The highest BCUT2D eigenvalue weighted by Gasteiger charge is 2.21. The second kappa shape index (κ2) is 16.0. The van der Waals surface area contributed by atoms with Crippen LogP contribution in [-0.2, 0) is 9.47 Å². The number of aliphatic hydroxyl groups excluding tert-OH is 1. The van der Waals surface area contributed by atoms with Gasteiger partial charge in [-0.15, -0.1) is 0 Å². The van der Waals surface area contributed by atoms with Crippen molar-refractivity contribution < 1.29 is 33.6 Å². The summed E-state index contributed by atoms with van der Waals surface area (Å²) in [6.45, 7) is 6.47. The van der Waals surface area contributed by atoms with Crippen molar-refractivity contribution in [3.05, 3.63) is 107 Å². The maximum absolute atomic E-state index is 13.1. The molecule has 0 amide bonds. The fourth-order valence-electron chi connectivity index (χ4n) is 4.26. The normalized spacial score (nSPS) is 11.9. The molecule has 8 nitrogen and oxygen atoms in total. The summed E-state index contributed by atoms with van der Waals surface area (Å²) < 4.78 is 22.2. The maximum Gasteiger partial charge on any atom is 0.338 e. The number of hydrogen-bond acceptors (Lipinski definition) is 8. The van der Waals surface area contributed by atoms with E-state index in [1.165, 1.54) is 19.5 Å². The summed E-state index contributed by atoms with van der Waals surface area (Å²) in [4.78, 5) is 29.4. The summed E-state index contributed by atoms with van der Waals surface area (Å²) >= 11 is 0. The fourth-order valence-corrected chi connectivity index (χ4v) is 4.26. The largest absolute Gasteiger partial charge is 0.496 e. The van der Waals surface area contributed by atoms with Crippen LogP contribution in [0.1, 0.15) is 70.6 Å². The first kappa shape index (κ1) is 31.1. The van der Waals surface area contributed by atoms with Gasteiger partial charge in [0.25, 0.3) is 0 Å². The summed E-state index contributed by atoms with van der Waals surface area (Å²) in [5.74, 6) is 0.164. The highest BCUT2D eigenvalue weighted by molar-refractivity contribution is 5.93. The topological polar surface area (TPSA) is 104 Å². The summed E-state index contributed by atoms with van der Waals surface area (Å²) in [6.07, 6.45) is 7.29. The Bertz CT molecular complexity index is 1350. The fraction of sp³-hybridized carbons (Fsp3) is 0.303. The minimum absolute atomic E-state index is 0.122. The van der Waals surface area contributed by atoms with Crippen LogP contribution in [0.4, 0.5) is 0 Å². The van der Waals surface area contributed by atoms with Crippen LogP contribution < -0.4 is 9.47 Å². The van der Waals surface area contributed by atoms with E-state index in [0.29, 0.717) is 40.2 Å². The number of aromatic nitrogens is 1. The predicted octanol–water partition coefficient (Wildman–Crippen LogP) is 6.37. The molecule has 0 fully saturated rings. The van der Waals surface area contributed by atoms with Gasteiger partial charge in [-0.3, -0.25) is 4.98 Å². The molecule has 0 aliphatic heterocycles. The third-order valence-electron chi connectivity index (χ3n) is 6.42. The number of pyridine rings is 1. The van der Waals surface area contributed by atoms with Gasteiger partial charge in [0, 0.05) is 24.4 Å². The molecule has 0 bridgehead atoms. The molecule has 0 spiro atoms. The molecule has 0 aliphatic rings. The van der Waals surface area contributed by atoms with Gasteiger partial charge in [-0.25, -0.2) is 9.59 Å². The molecule has 1 aromatic heterocycles. The quantitative estimate of drug-likeness (QED) is 0.169. The first-order valence-electron chi connectivity index (χ1n) is 13.5. The number of carbonyl (C=O) groups excluding carboxylic acids is 2. The average molecular weight is 560 g/mol. The predicted molar refractivity (Wildman–Crippen MR) is 157 cm³/mol. The summed E-state index contributed by atoms with van der Waals surface area (Å²) in [5, 5.41) is 9.18. The van der Waals surface area contributed by atoms with E-state index in [1.54, 1.807) is 49.6 Å². The van der Waals surface area contributed by atoms with Crippen molar-refractivity contribution in [1.29, 1.82) is 0 Å². The van der Waals surface area contributed by atoms with Crippen molar-refractivity contribution in [2.24, 2.45) is 0 Å². The molecule has 216 valence electrons. The van der Waals surface area contributed by atoms with Gasteiger partial charge >= 0.3 is 11.9 Å². The van der Waals surface area contributed by atoms with E-state index in [9.17, 15) is 14.7 Å². The molecule has 41 heavy (non-hydrogen) atoms. The third kappa shape index (κ3) is 8.78. The zero-order valence-electron chi connectivity index (χ0n) is 23.8. The third-order valence-corrected chi connectivity index (χ3v) is 6.42. The zero-order chi connectivity index (χ0) is 29.6. The van der Waals surface area contributed by atoms with Crippen molar-refractivity contribution in [3.8, 4) is 11.5 Å². The lowest BCUT2D eigenvalue weighted by Gasteiger charge is -2.20. The van der Waals surface area contributed by atoms with E-state index in [-0.39, 0.29) is 13.2 Å². The van der Waals surface area contributed by atoms with Crippen LogP contribution >= 0.6 is 0 Å². The molecule has 0 saturated carbocycles. The van der Waals surface area contributed by atoms with Crippen LogP contribution in [0.5, 0.6) is 11.5 Å². The van der Waals surface area contributed by atoms with Crippen LogP contribution in [0.15, 0.2) is 85.2 Å². The second-order valence-electron chi connectivity index (χ2n) is 9.24. The van der Waals surface area contributed by atoms with E-state index in [0.717, 1.165) is 30.4 Å². The number of unbranched alkanes of at least 4 members (excludes halogenated alkanes) is 1. The van der Waals surface area contributed by atoms with Crippen LogP contribution in [0, 0.1) is 0 Å². The number of allylic oxidation sites excluding steroid dienone is 2. The minimum atomic E-state index is -0.683. The van der Waals surface area contributed by atoms with Gasteiger partial charge in [0.05, 0.1) is 32.0 Å². The lowest BCUT2D eigenvalue weighted by Crippen LogP contribution is -2.12. The highest BCUT2D eigenvalue weighted by Crippen LogP contribution is 2.36. The van der Waals surface area contributed by atoms with Crippen molar-refractivity contribution in [2.75, 3.05) is 27.4 Å². The monoisotopic (exact) mass is 559 g/mol. The van der Waals surface area contributed by atoms with Crippen LogP contribution in [0.2, 0.25) is 0 Å². The van der Waals surface area contributed by atoms with E-state index in [1.807, 2.05) is 18.2 Å². The van der Waals surface area contributed by atoms with Gasteiger partial charge in [-0.05, 0) is 72.0 Å². The van der Waals surface area contributed by atoms with E-state index >= 15 is 0 Å². The minimum Gasteiger partial charge on any atom is -0.496 e. The van der Waals surface area contributed by atoms with Gasteiger partial charge in [0.15, 0.2) is 0 Å². The lowest BCUT2D eigenvalue weighted by atomic mass is 9.91. The summed E-state index contributed by atoms with van der Waals surface area (Å²) in [5.41, 5.74) is 3.82. The van der Waals surface area contributed by atoms with Crippen LogP contribution in [0.3, 0.4) is 0 Å². The first-order valence-corrected chi connectivity index (χ1v) is 13.5. The molecule has 1 N–H and O–H groups in total. The van der Waals surface area contributed by atoms with Crippen LogP contribution in [-0.4, -0.2) is 49.5 Å². The Balaban J connectivity index is 2.07. The number of rotatable bonds is 15. The molecule has 0 aliphatic carbocycles. The van der Waals surface area contributed by atoms with Crippen LogP contribution in [0.25, 0.3) is 5.57 Å². The number of esters is 2. The lowest BCUT2D eigenvalue weighted by molar-refractivity contribution is 0.0302. The summed E-state index contributed by atoms with van der Waals surface area (Å²) in [7, 11) is 2.91. The first-order chi connectivity index (χ1) is 19.9. The van der Waals surface area contributed by atoms with Gasteiger partial charge in [0.1, 0.15) is 24.2 Å². The van der Waals surface area contributed by atoms with E-state index in [4.69, 9.17) is 18.9 Å². The Morgan fingerprint density at radius 1 is 1.02 bits per heavy atom. The standard InChI is InChI=1S/C33H37NO7/c1-5-6-8-23(2)28(29-22-26(32(36)39-4)11-13-31(29)38-3)12-14-30(41-33(37)24-15-17-34-18-16-24)25-9-7-10-27(21-25)40-20-19-35/h7,9-13,15-18,21-22,30,35H,2,5-6,8,14,19-20H2,1,3-4H3/b28-12-/t30-/m1/s1. The molecule has 1 heterocycles. The Kier molecular flexibility index (Phi) is 12.1. The number of hydrogen-bond donors (Lipinski definition) is 1.